The van der Waals surface area contributed by atoms with E-state index in [1.165, 1.54) is 27.5 Å². The third-order valence-electron chi connectivity index (χ3n) is 4.86. The van der Waals surface area contributed by atoms with Gasteiger partial charge in [-0.3, -0.25) is 4.79 Å². The van der Waals surface area contributed by atoms with Gasteiger partial charge in [-0.1, -0.05) is 0 Å². The highest BCUT2D eigenvalue weighted by Gasteiger charge is 2.48. The van der Waals surface area contributed by atoms with Crippen LogP contribution in [-0.2, 0) is 0 Å². The van der Waals surface area contributed by atoms with Crippen molar-refractivity contribution in [1.82, 2.24) is 0 Å². The summed E-state index contributed by atoms with van der Waals surface area (Å²) in [7, 11) is 1.76. The largest absolute Gasteiger partial charge is 0.487 e. The summed E-state index contributed by atoms with van der Waals surface area (Å²) in [5.41, 5.74) is 0. The maximum absolute atomic E-state index is 11.0. The van der Waals surface area contributed by atoms with Gasteiger partial charge in [0.05, 0.1) is 12.0 Å². The molecule has 0 N–H and O–H groups in total. The van der Waals surface area contributed by atoms with Gasteiger partial charge in [0.1, 0.15) is 0 Å². The van der Waals surface area contributed by atoms with Crippen molar-refractivity contribution in [1.29, 1.82) is 0 Å². The van der Waals surface area contributed by atoms with Crippen LogP contribution in [0.3, 0.4) is 0 Å². The van der Waals surface area contributed by atoms with Crippen LogP contribution in [0.2, 0.25) is 0 Å². The molecule has 1 fully saturated rings. The maximum atomic E-state index is 11.0. The molecule has 1 saturated carbocycles. The number of thioether (sulfide) groups is 2. The molecule has 2 aromatic heterocycles. The third kappa shape index (κ3) is 1.90. The van der Waals surface area contributed by atoms with E-state index in [0.29, 0.717) is 22.3 Å². The molecule has 4 heterocycles. The molecule has 4 atom stereocenters. The molecule has 2 nitrogen and oxygen atoms in total. The predicted molar refractivity (Wildman–Crippen MR) is 94.6 cm³/mol. The average molecular weight is 367 g/mol. The number of hydrogen-bond acceptors (Lipinski definition) is 6. The first-order valence-electron chi connectivity index (χ1n) is 7.36. The zero-order chi connectivity index (χ0) is 14.8. The fourth-order valence-electron chi connectivity index (χ4n) is 3.90. The first-order chi connectivity index (χ1) is 10.8. The minimum atomic E-state index is 0.656. The molecule has 0 bridgehead atoms. The highest BCUT2D eigenvalue weighted by atomic mass is 32.2. The fraction of sp³-hybridized carbons (Fsp3) is 0.438. The quantitative estimate of drug-likeness (QED) is 0.679. The van der Waals surface area contributed by atoms with Crippen LogP contribution in [0.4, 0.5) is 0 Å². The van der Waals surface area contributed by atoms with Gasteiger partial charge in [-0.15, -0.1) is 46.2 Å². The molecule has 2 aromatic rings. The highest BCUT2D eigenvalue weighted by molar-refractivity contribution is 8.01. The van der Waals surface area contributed by atoms with Crippen molar-refractivity contribution in [2.45, 2.75) is 45.0 Å². The number of rotatable bonds is 2. The number of hydrogen-bond donors (Lipinski definition) is 0. The van der Waals surface area contributed by atoms with Crippen LogP contribution in [0.5, 0.6) is 5.06 Å². The van der Waals surface area contributed by atoms with E-state index < -0.39 is 0 Å². The van der Waals surface area contributed by atoms with E-state index in [2.05, 4.69) is 12.1 Å². The molecule has 3 aliphatic rings. The van der Waals surface area contributed by atoms with Gasteiger partial charge >= 0.3 is 0 Å². The summed E-state index contributed by atoms with van der Waals surface area (Å²) in [6.07, 6.45) is 3.52. The van der Waals surface area contributed by atoms with Crippen LogP contribution in [0.15, 0.2) is 21.9 Å². The van der Waals surface area contributed by atoms with E-state index in [1.54, 1.807) is 23.3 Å². The van der Waals surface area contributed by atoms with Gasteiger partial charge < -0.3 is 4.74 Å². The second-order valence-electron chi connectivity index (χ2n) is 5.99. The smallest absolute Gasteiger partial charge is 0.174 e. The van der Waals surface area contributed by atoms with Gasteiger partial charge in [-0.05, 0) is 18.9 Å². The van der Waals surface area contributed by atoms with E-state index in [-0.39, 0.29) is 0 Å². The second-order valence-corrected chi connectivity index (χ2v) is 10.7. The lowest BCUT2D eigenvalue weighted by Crippen LogP contribution is -2.28. The van der Waals surface area contributed by atoms with Crippen molar-refractivity contribution in [3.05, 3.63) is 26.8 Å². The van der Waals surface area contributed by atoms with Crippen molar-refractivity contribution in [2.24, 2.45) is 0 Å². The molecule has 1 aliphatic carbocycles. The molecule has 22 heavy (non-hydrogen) atoms. The Kier molecular flexibility index (Phi) is 3.19. The predicted octanol–water partition coefficient (Wildman–Crippen LogP) is 5.24. The van der Waals surface area contributed by atoms with Crippen LogP contribution in [0.1, 0.15) is 44.1 Å². The fourth-order valence-corrected chi connectivity index (χ4v) is 9.85. The van der Waals surface area contributed by atoms with Crippen LogP contribution in [0.25, 0.3) is 0 Å². The lowest BCUT2D eigenvalue weighted by atomic mass is 9.80. The van der Waals surface area contributed by atoms with Gasteiger partial charge in [0.25, 0.3) is 0 Å². The lowest BCUT2D eigenvalue weighted by Gasteiger charge is -2.33. The van der Waals surface area contributed by atoms with Gasteiger partial charge in [-0.25, -0.2) is 0 Å². The summed E-state index contributed by atoms with van der Waals surface area (Å²) in [4.78, 5) is 17.7. The summed E-state index contributed by atoms with van der Waals surface area (Å²) in [5.74, 6) is 1.35. The Morgan fingerprint density at radius 3 is 2.32 bits per heavy atom. The summed E-state index contributed by atoms with van der Waals surface area (Å²) in [6.45, 7) is 0. The summed E-state index contributed by atoms with van der Waals surface area (Å²) in [6, 6.07) is 4.31. The summed E-state index contributed by atoms with van der Waals surface area (Å²) < 4.78 is 5.41. The molecule has 6 heteroatoms. The van der Waals surface area contributed by atoms with Crippen molar-refractivity contribution in [3.8, 4) is 5.06 Å². The molecular formula is C16H14O2S4. The summed E-state index contributed by atoms with van der Waals surface area (Å²) in [5, 5.41) is 2.46. The zero-order valence-electron chi connectivity index (χ0n) is 11.9. The highest BCUT2D eigenvalue weighted by Crippen LogP contribution is 2.64. The number of carbonyl (C=O) groups excluding carboxylic acids is 1. The lowest BCUT2D eigenvalue weighted by molar-refractivity contribution is 0.112. The number of thiophene rings is 2. The molecule has 114 valence electrons. The van der Waals surface area contributed by atoms with Crippen molar-refractivity contribution >= 4 is 52.5 Å². The van der Waals surface area contributed by atoms with Crippen LogP contribution in [-0.4, -0.2) is 23.9 Å². The van der Waals surface area contributed by atoms with Crippen molar-refractivity contribution in [3.63, 3.8) is 0 Å². The van der Waals surface area contributed by atoms with Gasteiger partial charge in [0.15, 0.2) is 11.3 Å². The number of methoxy groups -OCH3 is 1. The average Bonchev–Trinajstić information content (AvgIpc) is 3.22. The van der Waals surface area contributed by atoms with Gasteiger partial charge in [0.2, 0.25) is 0 Å². The molecule has 5 rings (SSSR count). The molecule has 0 aromatic carbocycles. The van der Waals surface area contributed by atoms with E-state index in [4.69, 9.17) is 4.74 Å². The normalized spacial score (nSPS) is 31.3. The first kappa shape index (κ1) is 14.0. The molecule has 0 amide bonds. The second kappa shape index (κ2) is 5.03. The van der Waals surface area contributed by atoms with E-state index in [9.17, 15) is 4.79 Å². The number of carbonyl (C=O) groups is 1. The Balaban J connectivity index is 1.45. The molecular weight excluding hydrogens is 352 g/mol. The Labute approximate surface area is 145 Å². The standard InChI is InChI=1S/C16H14O2S4/c1-18-14-5-13-16(22-14)9-4-10-8(3-11(9)21-13)15-12(20-10)2-7(6-17)19-15/h2,5-6,8-11H,3-4H2,1H3. The van der Waals surface area contributed by atoms with Crippen LogP contribution >= 0.6 is 46.2 Å². The zero-order valence-corrected chi connectivity index (χ0v) is 15.2. The Morgan fingerprint density at radius 2 is 1.68 bits per heavy atom. The Bertz CT molecular complexity index is 762. The van der Waals surface area contributed by atoms with E-state index >= 15 is 0 Å². The Hall–Kier alpha value is -0.430. The van der Waals surface area contributed by atoms with Gasteiger partial charge in [-0.2, -0.15) is 0 Å². The number of aldehydes is 1. The summed E-state index contributed by atoms with van der Waals surface area (Å²) >= 11 is 7.61. The molecule has 0 saturated heterocycles. The van der Waals surface area contributed by atoms with Crippen molar-refractivity contribution in [2.75, 3.05) is 7.11 Å². The maximum Gasteiger partial charge on any atom is 0.174 e. The van der Waals surface area contributed by atoms with Crippen LogP contribution in [0, 0.1) is 0 Å². The third-order valence-corrected chi connectivity index (χ3v) is 10.4. The number of fused-ring (bicyclic) bond motifs is 6. The van der Waals surface area contributed by atoms with E-state index in [0.717, 1.165) is 16.2 Å². The molecule has 4 unspecified atom stereocenters. The van der Waals surface area contributed by atoms with Gasteiger partial charge in [0, 0.05) is 47.9 Å². The minimum absolute atomic E-state index is 0.656. The molecule has 2 aliphatic heterocycles. The van der Waals surface area contributed by atoms with Crippen molar-refractivity contribution < 1.29 is 9.53 Å². The first-order valence-corrected chi connectivity index (χ1v) is 10.8. The molecule has 0 radical (unpaired) electrons. The Morgan fingerprint density at radius 1 is 1.05 bits per heavy atom. The monoisotopic (exact) mass is 366 g/mol. The van der Waals surface area contributed by atoms with Crippen LogP contribution < -0.4 is 4.74 Å². The molecule has 0 spiro atoms. The minimum Gasteiger partial charge on any atom is -0.487 e. The number of ether oxygens (including phenoxy) is 1. The topological polar surface area (TPSA) is 26.3 Å². The SMILES string of the molecule is COc1cc2c(s1)C1CC3Sc4cc(C=O)sc4C3CC1S2. The van der Waals surface area contributed by atoms with E-state index in [1.807, 2.05) is 34.9 Å².